The van der Waals surface area contributed by atoms with Crippen molar-refractivity contribution in [2.75, 3.05) is 37.0 Å². The molecule has 0 aliphatic carbocycles. The summed E-state index contributed by atoms with van der Waals surface area (Å²) < 4.78 is 29.0. The number of phenolic OH excluding ortho intramolecular Hbond substituents is 2. The number of hydrogen-bond donors (Lipinski definition) is 6. The predicted octanol–water partition coefficient (Wildman–Crippen LogP) is 5.70. The van der Waals surface area contributed by atoms with Gasteiger partial charge in [0.15, 0.2) is 5.75 Å². The Bertz CT molecular complexity index is 2300. The summed E-state index contributed by atoms with van der Waals surface area (Å²) in [4.78, 5) is 63.3. The predicted molar refractivity (Wildman–Crippen MR) is 231 cm³/mol. The van der Waals surface area contributed by atoms with Gasteiger partial charge in [-0.3, -0.25) is 19.2 Å². The van der Waals surface area contributed by atoms with Crippen LogP contribution < -0.4 is 15.0 Å². The summed E-state index contributed by atoms with van der Waals surface area (Å²) in [6, 6.07) is 0. The Morgan fingerprint density at radius 1 is 0.984 bits per heavy atom. The van der Waals surface area contributed by atoms with E-state index in [2.05, 4.69) is 10.3 Å². The minimum absolute atomic E-state index is 0.00317. The van der Waals surface area contributed by atoms with Crippen molar-refractivity contribution in [3.63, 3.8) is 0 Å². The minimum atomic E-state index is -2.03. The molecule has 0 saturated carbocycles. The van der Waals surface area contributed by atoms with Crippen molar-refractivity contribution >= 4 is 57.1 Å². The maximum Gasteiger partial charge on any atom is 0.325 e. The molecule has 5 rings (SSSR count). The van der Waals surface area contributed by atoms with Crippen LogP contribution in [0, 0.1) is 30.6 Å². The number of nitrogens with one attached hydrogen (secondary N) is 2. The van der Waals surface area contributed by atoms with E-state index >= 15 is 0 Å². The zero-order valence-electron chi connectivity index (χ0n) is 37.2. The Hall–Kier alpha value is -5.65. The first-order valence-electron chi connectivity index (χ1n) is 20.9. The van der Waals surface area contributed by atoms with Gasteiger partial charge in [0.2, 0.25) is 5.95 Å². The van der Waals surface area contributed by atoms with E-state index < -0.39 is 89.0 Å². The van der Waals surface area contributed by atoms with Gasteiger partial charge in [0.1, 0.15) is 35.4 Å². The second-order valence-electron chi connectivity index (χ2n) is 16.4. The third-order valence-corrected chi connectivity index (χ3v) is 11.9. The Morgan fingerprint density at radius 2 is 1.68 bits per heavy atom. The number of Topliss-reactive ketones (excluding diaryl/α,β-unsaturated/α-hetero) is 1. The van der Waals surface area contributed by atoms with Crippen molar-refractivity contribution in [1.82, 2.24) is 9.97 Å². The van der Waals surface area contributed by atoms with Gasteiger partial charge in [0, 0.05) is 67.7 Å². The number of rotatable bonds is 8. The van der Waals surface area contributed by atoms with E-state index in [0.717, 1.165) is 0 Å². The van der Waals surface area contributed by atoms with E-state index in [1.165, 1.54) is 53.2 Å². The van der Waals surface area contributed by atoms with Crippen LogP contribution in [0.5, 0.6) is 17.2 Å². The van der Waals surface area contributed by atoms with Crippen LogP contribution in [0.3, 0.4) is 0 Å². The zero-order chi connectivity index (χ0) is 46.0. The highest BCUT2D eigenvalue weighted by molar-refractivity contribution is 6.28. The lowest BCUT2D eigenvalue weighted by Crippen LogP contribution is -2.46. The fraction of sp³-hybridized carbons (Fsp3) is 0.533. The Morgan fingerprint density at radius 3 is 2.31 bits per heavy atom. The smallest absolute Gasteiger partial charge is 0.325 e. The molecular formula is C45H60N4O13. The van der Waals surface area contributed by atoms with Crippen molar-refractivity contribution in [3.8, 4) is 17.2 Å². The number of ether oxygens (including phenoxy) is 5. The molecule has 2 aliphatic rings. The van der Waals surface area contributed by atoms with Crippen molar-refractivity contribution in [2.45, 2.75) is 106 Å². The summed E-state index contributed by atoms with van der Waals surface area (Å²) in [6.45, 7) is 16.5. The molecule has 9 atom stereocenters. The Balaban J connectivity index is 1.76. The van der Waals surface area contributed by atoms with Crippen LogP contribution in [0.25, 0.3) is 21.8 Å². The summed E-state index contributed by atoms with van der Waals surface area (Å²) in [5.41, 5.74) is 0.186. The number of hydrogen-bond acceptors (Lipinski definition) is 15. The lowest BCUT2D eigenvalue weighted by Gasteiger charge is -2.38. The Kier molecular flexibility index (Phi) is 14.7. The third-order valence-electron chi connectivity index (χ3n) is 11.9. The van der Waals surface area contributed by atoms with E-state index in [-0.39, 0.29) is 69.0 Å². The van der Waals surface area contributed by atoms with Crippen LogP contribution in [0.4, 0.5) is 11.6 Å². The van der Waals surface area contributed by atoms with Gasteiger partial charge in [0.25, 0.3) is 11.7 Å². The molecule has 17 heteroatoms. The molecule has 1 aromatic heterocycles. The molecule has 2 aliphatic heterocycles. The van der Waals surface area contributed by atoms with Gasteiger partial charge in [-0.15, -0.1) is 0 Å². The number of anilines is 2. The molecule has 0 radical (unpaired) electrons. The number of allylic oxidation sites excluding steroid dienone is 2. The highest BCUT2D eigenvalue weighted by Crippen LogP contribution is 2.54. The van der Waals surface area contributed by atoms with Gasteiger partial charge >= 0.3 is 17.7 Å². The first kappa shape index (κ1) is 47.4. The van der Waals surface area contributed by atoms with Crippen molar-refractivity contribution in [2.24, 2.45) is 23.7 Å². The number of carbonyl (C=O) groups excluding carboxylic acids is 4. The van der Waals surface area contributed by atoms with Gasteiger partial charge in [-0.25, -0.2) is 4.98 Å². The summed E-state index contributed by atoms with van der Waals surface area (Å²) >= 11 is 0. The number of aromatic hydroxyl groups is 2. The fourth-order valence-corrected chi connectivity index (χ4v) is 8.24. The third kappa shape index (κ3) is 9.10. The topological polar surface area (TPSA) is 239 Å². The number of nitrogens with zero attached hydrogens (tertiary/aromatic N) is 2. The quantitative estimate of drug-likeness (QED) is 0.118. The second kappa shape index (κ2) is 19.2. The summed E-state index contributed by atoms with van der Waals surface area (Å²) in [7, 11) is 1.44. The number of aromatic nitrogens is 2. The first-order valence-corrected chi connectivity index (χ1v) is 20.9. The van der Waals surface area contributed by atoms with E-state index in [4.69, 9.17) is 28.7 Å². The molecular weight excluding hydrogens is 805 g/mol. The molecule has 4 bridgehead atoms. The molecule has 62 heavy (non-hydrogen) atoms. The van der Waals surface area contributed by atoms with Crippen molar-refractivity contribution in [1.29, 1.82) is 0 Å². The van der Waals surface area contributed by atoms with Crippen LogP contribution in [0.2, 0.25) is 0 Å². The highest BCUT2D eigenvalue weighted by Gasteiger charge is 2.50. The molecule has 3 aromatic rings. The number of ketones is 1. The van der Waals surface area contributed by atoms with E-state index in [9.17, 15) is 39.6 Å². The average molecular weight is 865 g/mol. The van der Waals surface area contributed by atoms with Crippen LogP contribution in [0.1, 0.15) is 84.7 Å². The number of fused-ring (bicyclic) bond motifs is 1. The number of aromatic amines is 1. The van der Waals surface area contributed by atoms with Gasteiger partial charge in [-0.1, -0.05) is 52.8 Å². The maximum absolute atomic E-state index is 14.7. The van der Waals surface area contributed by atoms with E-state index in [1.54, 1.807) is 51.7 Å². The Labute approximate surface area is 360 Å². The van der Waals surface area contributed by atoms with Gasteiger partial charge in [0.05, 0.1) is 47.6 Å². The highest BCUT2D eigenvalue weighted by atomic mass is 16.7. The molecule has 338 valence electrons. The molecule has 0 fully saturated rings. The molecule has 0 unspecified atom stereocenters. The molecule has 0 spiro atoms. The number of H-pyrrole nitrogens is 1. The lowest BCUT2D eigenvalue weighted by molar-refractivity contribution is -0.160. The van der Waals surface area contributed by atoms with Gasteiger partial charge in [-0.2, -0.15) is 0 Å². The number of amides is 1. The monoisotopic (exact) mass is 864 g/mol. The lowest BCUT2D eigenvalue weighted by atomic mass is 9.78. The number of imidazole rings is 1. The van der Waals surface area contributed by atoms with Crippen LogP contribution in [-0.4, -0.2) is 111 Å². The molecule has 3 heterocycles. The van der Waals surface area contributed by atoms with Crippen LogP contribution in [-0.2, 0) is 33.3 Å². The molecule has 2 aromatic carbocycles. The number of esters is 2. The summed E-state index contributed by atoms with van der Waals surface area (Å²) in [6.07, 6.45) is 4.21. The number of methoxy groups -OCH3 is 1. The van der Waals surface area contributed by atoms with Crippen molar-refractivity contribution in [3.05, 3.63) is 47.3 Å². The van der Waals surface area contributed by atoms with Gasteiger partial charge < -0.3 is 59.3 Å². The van der Waals surface area contributed by atoms with E-state index in [0.29, 0.717) is 13.0 Å². The second-order valence-corrected chi connectivity index (χ2v) is 16.4. The number of aliphatic hydroxyl groups excluding tert-OH is 2. The van der Waals surface area contributed by atoms with Crippen molar-refractivity contribution < 1.29 is 63.3 Å². The van der Waals surface area contributed by atoms with E-state index in [1.807, 2.05) is 6.92 Å². The van der Waals surface area contributed by atoms with Crippen LogP contribution >= 0.6 is 0 Å². The number of benzene rings is 2. The standard InChI is InChI=1S/C45H60N4O13/c1-12-18-49(20-29(51)59-13-2)44-47-33-30-31-38(54)26(8)41-32(30)42(56)45(10,62-41)60-19-17-28(58-11)23(5)40(61-27(9)50)25(7)37(53)24(6)36(52)21(3)15-14-16-22(4)43(57)46-35(39(31)55)34(33)48-44/h14-17,19,21,23-25,28,36-37,40,52-55H,12-13,18,20H2,1-11H3,(H,46,57)(H,47,48)/b15-14+,19-17+,22-16-/t21-,23+,24+,25+,28-,36-,37+,40+,45-/m0/s1. The SMILES string of the molecule is CCCN(CC(=O)OCC)c1nc2c([nH]1)c1c(O)c3c(O)c(C)c4c(c32)C(=O)[C@@](C)(O/C=C/[C@H](OC)[C@@H](C)[C@@H](OC(C)=O)[C@H](C)[C@H](O)[C@H](C)[C@@H](O)[C@@H](C)/C=C/C=C(/C)C(=O)N1)O4. The number of aliphatic hydroxyl groups is 2. The van der Waals surface area contributed by atoms with Gasteiger partial charge in [-0.05, 0) is 33.3 Å². The molecule has 17 nitrogen and oxygen atoms in total. The number of phenols is 2. The average Bonchev–Trinajstić information content (AvgIpc) is 3.78. The van der Waals surface area contributed by atoms with Crippen LogP contribution in [0.15, 0.2) is 36.1 Å². The zero-order valence-corrected chi connectivity index (χ0v) is 37.2. The number of carbonyl (C=O) groups is 4. The largest absolute Gasteiger partial charge is 0.507 e. The summed E-state index contributed by atoms with van der Waals surface area (Å²) in [5, 5.41) is 49.3. The molecule has 6 N–H and O–H groups in total. The first-order chi connectivity index (χ1) is 29.2. The normalized spacial score (nSPS) is 29.1. The fourth-order valence-electron chi connectivity index (χ4n) is 8.24. The molecule has 0 saturated heterocycles. The summed E-state index contributed by atoms with van der Waals surface area (Å²) in [5.74, 6) is -7.89. The maximum atomic E-state index is 14.7. The molecule has 1 amide bonds. The minimum Gasteiger partial charge on any atom is -0.507 e.